The number of likely N-dealkylation sites (N-methyl/N-ethyl adjacent to an activating group) is 1. The number of carbonyl (C=O) groups excluding carboxylic acids is 1. The van der Waals surface area contributed by atoms with E-state index >= 15 is 0 Å². The van der Waals surface area contributed by atoms with Crippen LogP contribution in [-0.2, 0) is 4.79 Å². The van der Waals surface area contributed by atoms with Gasteiger partial charge >= 0.3 is 0 Å². The zero-order chi connectivity index (χ0) is 12.1. The maximum atomic E-state index is 12.1. The van der Waals surface area contributed by atoms with Gasteiger partial charge in [0.05, 0.1) is 5.92 Å². The van der Waals surface area contributed by atoms with Crippen molar-refractivity contribution >= 4 is 5.91 Å². The smallest absolute Gasteiger partial charge is 0.234 e. The minimum absolute atomic E-state index is 0.0554. The number of hydrogen-bond donors (Lipinski definition) is 0. The highest BCUT2D eigenvalue weighted by molar-refractivity contribution is 5.86. The van der Waals surface area contributed by atoms with Gasteiger partial charge in [-0.1, -0.05) is 36.9 Å². The normalized spacial score (nSPS) is 11.4. The fraction of sp³-hybridized carbons (Fsp3) is 0.286. The second kappa shape index (κ2) is 5.34. The van der Waals surface area contributed by atoms with Crippen molar-refractivity contribution in [3.8, 4) is 0 Å². The molecule has 1 aromatic carbocycles. The molecule has 0 spiro atoms. The van der Waals surface area contributed by atoms with Crippen molar-refractivity contribution in [2.24, 2.45) is 0 Å². The van der Waals surface area contributed by atoms with Crippen molar-refractivity contribution in [2.45, 2.75) is 12.8 Å². The van der Waals surface area contributed by atoms with E-state index in [1.54, 1.807) is 19.0 Å². The van der Waals surface area contributed by atoms with E-state index in [2.05, 4.69) is 12.3 Å². The van der Waals surface area contributed by atoms with Gasteiger partial charge < -0.3 is 4.90 Å². The molecule has 0 N–H and O–H groups in total. The third-order valence-corrected chi connectivity index (χ3v) is 2.53. The van der Waals surface area contributed by atoms with Crippen molar-refractivity contribution < 1.29 is 4.79 Å². The van der Waals surface area contributed by atoms with Crippen molar-refractivity contribution in [2.75, 3.05) is 14.1 Å². The fourth-order valence-electron chi connectivity index (χ4n) is 1.58. The third kappa shape index (κ3) is 2.62. The summed E-state index contributed by atoms with van der Waals surface area (Å²) in [6.07, 6.45) is 0. The van der Waals surface area contributed by atoms with Crippen LogP contribution < -0.4 is 0 Å². The first-order valence-electron chi connectivity index (χ1n) is 5.20. The summed E-state index contributed by atoms with van der Waals surface area (Å²) in [5.41, 5.74) is 4.65. The molecule has 0 aliphatic rings. The second-order valence-electron chi connectivity index (χ2n) is 3.94. The zero-order valence-corrected chi connectivity index (χ0v) is 10.0. The number of nitrogens with zero attached hydrogens (tertiary/aromatic N) is 1. The predicted molar refractivity (Wildman–Crippen MR) is 66.2 cm³/mol. The topological polar surface area (TPSA) is 20.3 Å². The Labute approximate surface area is 96.9 Å². The SMILES string of the molecule is C=C=C(C)C(C(=O)N(C)C)c1ccccc1. The molecule has 1 aromatic rings. The predicted octanol–water partition coefficient (Wildman–Crippen LogP) is 2.59. The summed E-state index contributed by atoms with van der Waals surface area (Å²) in [4.78, 5) is 13.7. The van der Waals surface area contributed by atoms with E-state index in [4.69, 9.17) is 0 Å². The lowest BCUT2D eigenvalue weighted by Gasteiger charge is -2.20. The minimum Gasteiger partial charge on any atom is -0.348 e. The third-order valence-electron chi connectivity index (χ3n) is 2.53. The van der Waals surface area contributed by atoms with Crippen molar-refractivity contribution in [1.29, 1.82) is 0 Å². The Balaban J connectivity index is 3.17. The quantitative estimate of drug-likeness (QED) is 0.710. The van der Waals surface area contributed by atoms with Crippen LogP contribution in [0.2, 0.25) is 0 Å². The summed E-state index contributed by atoms with van der Waals surface area (Å²) >= 11 is 0. The maximum absolute atomic E-state index is 12.1. The molecule has 2 nitrogen and oxygen atoms in total. The molecule has 0 aliphatic carbocycles. The van der Waals surface area contributed by atoms with Crippen LogP contribution in [0.4, 0.5) is 0 Å². The molecular weight excluding hydrogens is 198 g/mol. The minimum atomic E-state index is -0.270. The lowest BCUT2D eigenvalue weighted by molar-refractivity contribution is -0.129. The molecule has 0 aliphatic heterocycles. The molecule has 0 aromatic heterocycles. The molecule has 1 rings (SSSR count). The largest absolute Gasteiger partial charge is 0.348 e. The molecule has 0 saturated heterocycles. The van der Waals surface area contributed by atoms with E-state index in [-0.39, 0.29) is 11.8 Å². The molecule has 2 heteroatoms. The molecule has 0 bridgehead atoms. The van der Waals surface area contributed by atoms with Gasteiger partial charge in [0.2, 0.25) is 5.91 Å². The van der Waals surface area contributed by atoms with Crippen LogP contribution in [0.1, 0.15) is 18.4 Å². The molecular formula is C14H17NO. The first-order chi connectivity index (χ1) is 7.57. The van der Waals surface area contributed by atoms with Gasteiger partial charge in [-0.25, -0.2) is 0 Å². The molecule has 1 unspecified atom stereocenters. The molecule has 0 saturated carbocycles. The van der Waals surface area contributed by atoms with Crippen LogP contribution in [0.25, 0.3) is 0 Å². The summed E-state index contributed by atoms with van der Waals surface area (Å²) < 4.78 is 0. The van der Waals surface area contributed by atoms with Crippen LogP contribution in [0, 0.1) is 0 Å². The monoisotopic (exact) mass is 215 g/mol. The fourth-order valence-corrected chi connectivity index (χ4v) is 1.58. The molecule has 16 heavy (non-hydrogen) atoms. The molecule has 1 atom stereocenters. The van der Waals surface area contributed by atoms with E-state index in [0.29, 0.717) is 0 Å². The molecule has 84 valence electrons. The number of hydrogen-bond acceptors (Lipinski definition) is 1. The van der Waals surface area contributed by atoms with Gasteiger partial charge in [-0.3, -0.25) is 4.79 Å². The zero-order valence-electron chi connectivity index (χ0n) is 10.0. The van der Waals surface area contributed by atoms with Gasteiger partial charge in [0.25, 0.3) is 0 Å². The summed E-state index contributed by atoms with van der Waals surface area (Å²) in [7, 11) is 3.52. The number of carbonyl (C=O) groups is 1. The Morgan fingerprint density at radius 2 is 1.88 bits per heavy atom. The highest BCUT2D eigenvalue weighted by atomic mass is 16.2. The van der Waals surface area contributed by atoms with E-state index < -0.39 is 0 Å². The Bertz CT molecular complexity index is 414. The Hall–Kier alpha value is -1.79. The Kier molecular flexibility index (Phi) is 4.10. The second-order valence-corrected chi connectivity index (χ2v) is 3.94. The Morgan fingerprint density at radius 1 is 1.31 bits per heavy atom. The first-order valence-corrected chi connectivity index (χ1v) is 5.20. The molecule has 0 heterocycles. The van der Waals surface area contributed by atoms with Crippen LogP contribution in [0.3, 0.4) is 0 Å². The number of rotatable bonds is 3. The summed E-state index contributed by atoms with van der Waals surface area (Å²) in [6.45, 7) is 5.50. The first kappa shape index (κ1) is 12.3. The van der Waals surface area contributed by atoms with Gasteiger partial charge in [0.15, 0.2) is 0 Å². The highest BCUT2D eigenvalue weighted by Crippen LogP contribution is 2.24. The highest BCUT2D eigenvalue weighted by Gasteiger charge is 2.23. The number of amides is 1. The van der Waals surface area contributed by atoms with Crippen LogP contribution in [0.5, 0.6) is 0 Å². The molecule has 0 fully saturated rings. The van der Waals surface area contributed by atoms with E-state index in [1.165, 1.54) is 0 Å². The van der Waals surface area contributed by atoms with Crippen molar-refractivity contribution in [3.63, 3.8) is 0 Å². The van der Waals surface area contributed by atoms with Gasteiger partial charge in [0.1, 0.15) is 0 Å². The lowest BCUT2D eigenvalue weighted by atomic mass is 9.91. The summed E-state index contributed by atoms with van der Waals surface area (Å²) in [5.74, 6) is -0.214. The van der Waals surface area contributed by atoms with E-state index in [0.717, 1.165) is 11.1 Å². The van der Waals surface area contributed by atoms with E-state index in [9.17, 15) is 4.79 Å². The standard InChI is InChI=1S/C14H17NO/c1-5-11(2)13(14(16)15(3)4)12-9-7-6-8-10-12/h6-10,13H,1H2,2-4H3. The van der Waals surface area contributed by atoms with Crippen LogP contribution in [0.15, 0.2) is 48.2 Å². The van der Waals surface area contributed by atoms with E-state index in [1.807, 2.05) is 37.3 Å². The van der Waals surface area contributed by atoms with Crippen LogP contribution >= 0.6 is 0 Å². The maximum Gasteiger partial charge on any atom is 0.234 e. The lowest BCUT2D eigenvalue weighted by Crippen LogP contribution is -2.28. The van der Waals surface area contributed by atoms with Gasteiger partial charge in [-0.15, -0.1) is 5.73 Å². The van der Waals surface area contributed by atoms with Crippen molar-refractivity contribution in [1.82, 2.24) is 4.90 Å². The average Bonchev–Trinajstić information content (AvgIpc) is 2.30. The Morgan fingerprint density at radius 3 is 2.31 bits per heavy atom. The molecule has 0 radical (unpaired) electrons. The average molecular weight is 215 g/mol. The van der Waals surface area contributed by atoms with Crippen molar-refractivity contribution in [3.05, 3.63) is 53.8 Å². The van der Waals surface area contributed by atoms with Gasteiger partial charge in [0, 0.05) is 14.1 Å². The number of benzene rings is 1. The van der Waals surface area contributed by atoms with Gasteiger partial charge in [-0.2, -0.15) is 0 Å². The summed E-state index contributed by atoms with van der Waals surface area (Å²) in [6, 6.07) is 9.71. The molecule has 1 amide bonds. The summed E-state index contributed by atoms with van der Waals surface area (Å²) in [5, 5.41) is 0. The van der Waals surface area contributed by atoms with Gasteiger partial charge in [-0.05, 0) is 18.1 Å². The van der Waals surface area contributed by atoms with Crippen LogP contribution in [-0.4, -0.2) is 24.9 Å².